The summed E-state index contributed by atoms with van der Waals surface area (Å²) in [6.45, 7) is 0. The first-order valence-corrected chi connectivity index (χ1v) is 11.7. The van der Waals surface area contributed by atoms with Crippen LogP contribution in [0.3, 0.4) is 0 Å². The molecule has 0 amide bonds. The van der Waals surface area contributed by atoms with Crippen molar-refractivity contribution in [3.63, 3.8) is 0 Å². The summed E-state index contributed by atoms with van der Waals surface area (Å²) < 4.78 is 56.3. The summed E-state index contributed by atoms with van der Waals surface area (Å²) in [4.78, 5) is -0.401. The number of azo groups is 1. The molecule has 150 valence electrons. The first-order valence-electron chi connectivity index (χ1n) is 7.86. The van der Waals surface area contributed by atoms with Gasteiger partial charge in [-0.25, -0.2) is 8.42 Å². The molecule has 3 aromatic rings. The van der Waals surface area contributed by atoms with Crippen molar-refractivity contribution >= 4 is 55.2 Å². The molecule has 0 unspecified atom stereocenters. The molecular weight excluding hydrogens is 439 g/mol. The zero-order valence-corrected chi connectivity index (χ0v) is 16.9. The minimum absolute atomic E-state index is 0.131. The van der Waals surface area contributed by atoms with E-state index in [9.17, 15) is 26.9 Å². The monoisotopic (exact) mass is 452 g/mol. The number of hydrogen-bond acceptors (Lipinski definition) is 9. The minimum Gasteiger partial charge on any atom is -0.423 e. The van der Waals surface area contributed by atoms with Gasteiger partial charge in [0.2, 0.25) is 9.84 Å². The fourth-order valence-corrected chi connectivity index (χ4v) is 5.57. The van der Waals surface area contributed by atoms with Crippen LogP contribution in [0.5, 0.6) is 0 Å². The van der Waals surface area contributed by atoms with Gasteiger partial charge in [-0.3, -0.25) is 4.55 Å². The van der Waals surface area contributed by atoms with Gasteiger partial charge in [-0.05, 0) is 41.9 Å². The molecule has 29 heavy (non-hydrogen) atoms. The topological polar surface area (TPSA) is 154 Å². The second-order valence-corrected chi connectivity index (χ2v) is 10.3. The van der Waals surface area contributed by atoms with Gasteiger partial charge in [-0.2, -0.15) is 18.6 Å². The molecule has 13 heteroatoms. The molecule has 0 saturated carbocycles. The maximum absolute atomic E-state index is 12.7. The second kappa shape index (κ2) is 8.14. The van der Waals surface area contributed by atoms with Crippen molar-refractivity contribution in [3.05, 3.63) is 60.0 Å². The molecule has 0 aliphatic carbocycles. The predicted molar refractivity (Wildman–Crippen MR) is 106 cm³/mol. The highest BCUT2D eigenvalue weighted by atomic mass is 32.3. The van der Waals surface area contributed by atoms with Crippen LogP contribution in [0.15, 0.2) is 84.2 Å². The van der Waals surface area contributed by atoms with Crippen molar-refractivity contribution in [3.8, 4) is 0 Å². The maximum atomic E-state index is 12.7. The van der Waals surface area contributed by atoms with Gasteiger partial charge in [0.15, 0.2) is 0 Å². The lowest BCUT2D eigenvalue weighted by Crippen LogP contribution is -2.29. The lowest BCUT2D eigenvalue weighted by atomic mass is 9.80. The summed E-state index contributed by atoms with van der Waals surface area (Å²) >= 11 is 0.593. The zero-order valence-electron chi connectivity index (χ0n) is 14.4. The van der Waals surface area contributed by atoms with E-state index < -0.39 is 31.3 Å². The SMILES string of the molecule is O=S(=O)(O)c1cc(S(=O)(=O)c2cccc(N=Nc3cccc(B(O)O)c3)c2)cs1. The van der Waals surface area contributed by atoms with Gasteiger partial charge in [0.25, 0.3) is 0 Å². The molecule has 0 bridgehead atoms. The Bertz CT molecular complexity index is 1290. The highest BCUT2D eigenvalue weighted by molar-refractivity contribution is 7.92. The molecule has 1 heterocycles. The van der Waals surface area contributed by atoms with Crippen LogP contribution < -0.4 is 5.46 Å². The molecule has 1 aromatic heterocycles. The average molecular weight is 452 g/mol. The fourth-order valence-electron chi connectivity index (χ4n) is 2.29. The first kappa shape index (κ1) is 21.3. The van der Waals surface area contributed by atoms with Crippen LogP contribution in [0.25, 0.3) is 0 Å². The smallest absolute Gasteiger partial charge is 0.423 e. The van der Waals surface area contributed by atoms with Gasteiger partial charge >= 0.3 is 17.2 Å². The quantitative estimate of drug-likeness (QED) is 0.293. The van der Waals surface area contributed by atoms with E-state index in [0.29, 0.717) is 17.0 Å². The second-order valence-electron chi connectivity index (χ2n) is 5.75. The van der Waals surface area contributed by atoms with Crippen molar-refractivity contribution in [2.45, 2.75) is 14.0 Å². The van der Waals surface area contributed by atoms with Gasteiger partial charge in [-0.1, -0.05) is 18.2 Å². The third-order valence-electron chi connectivity index (χ3n) is 3.69. The minimum atomic E-state index is -4.50. The van der Waals surface area contributed by atoms with Gasteiger partial charge in [0.1, 0.15) is 4.21 Å². The molecule has 0 atom stereocenters. The number of nitrogens with zero attached hydrogens (tertiary/aromatic N) is 2. The lowest BCUT2D eigenvalue weighted by molar-refractivity contribution is 0.425. The molecule has 0 aliphatic rings. The van der Waals surface area contributed by atoms with Crippen molar-refractivity contribution in [1.29, 1.82) is 0 Å². The highest BCUT2D eigenvalue weighted by Gasteiger charge is 2.23. The Labute approximate surface area is 170 Å². The van der Waals surface area contributed by atoms with Crippen molar-refractivity contribution < 1.29 is 31.4 Å². The van der Waals surface area contributed by atoms with Crippen molar-refractivity contribution in [1.82, 2.24) is 0 Å². The van der Waals surface area contributed by atoms with Crippen LogP contribution in [0.2, 0.25) is 0 Å². The fraction of sp³-hybridized carbons (Fsp3) is 0. The molecule has 3 N–H and O–H groups in total. The van der Waals surface area contributed by atoms with Crippen LogP contribution in [-0.2, 0) is 20.0 Å². The largest absolute Gasteiger partial charge is 0.488 e. The summed E-state index contributed by atoms with van der Waals surface area (Å²) in [5, 5.41) is 27.4. The summed E-state index contributed by atoms with van der Waals surface area (Å²) in [5.74, 6) is 0. The predicted octanol–water partition coefficient (Wildman–Crippen LogP) is 1.92. The molecule has 0 radical (unpaired) electrons. The number of benzene rings is 2. The third-order valence-corrected chi connectivity index (χ3v) is 7.84. The number of thiophene rings is 1. The number of rotatable bonds is 6. The van der Waals surface area contributed by atoms with E-state index in [1.807, 2.05) is 0 Å². The lowest BCUT2D eigenvalue weighted by Gasteiger charge is -2.03. The molecule has 0 fully saturated rings. The molecule has 9 nitrogen and oxygen atoms in total. The van der Waals surface area contributed by atoms with Crippen molar-refractivity contribution in [2.24, 2.45) is 10.2 Å². The van der Waals surface area contributed by atoms with E-state index in [4.69, 9.17) is 4.55 Å². The van der Waals surface area contributed by atoms with Gasteiger partial charge in [0, 0.05) is 5.38 Å². The normalized spacial score (nSPS) is 12.4. The number of sulfone groups is 1. The highest BCUT2D eigenvalue weighted by Crippen LogP contribution is 2.30. The molecule has 0 spiro atoms. The Balaban J connectivity index is 1.91. The zero-order chi connectivity index (χ0) is 21.2. The average Bonchev–Trinajstić information content (AvgIpc) is 3.18. The Morgan fingerprint density at radius 2 is 1.45 bits per heavy atom. The van der Waals surface area contributed by atoms with Crippen LogP contribution in [0.4, 0.5) is 11.4 Å². The van der Waals surface area contributed by atoms with E-state index in [-0.39, 0.29) is 20.9 Å². The molecule has 3 rings (SSSR count). The van der Waals surface area contributed by atoms with Crippen LogP contribution in [0.1, 0.15) is 0 Å². The Hall–Kier alpha value is -2.42. The van der Waals surface area contributed by atoms with Gasteiger partial charge in [0.05, 0.1) is 21.2 Å². The summed E-state index contributed by atoms with van der Waals surface area (Å²) in [6, 6.07) is 12.5. The Morgan fingerprint density at radius 3 is 2.03 bits per heavy atom. The van der Waals surface area contributed by atoms with E-state index >= 15 is 0 Å². The van der Waals surface area contributed by atoms with E-state index in [1.54, 1.807) is 12.1 Å². The molecule has 0 aliphatic heterocycles. The van der Waals surface area contributed by atoms with Crippen LogP contribution in [0, 0.1) is 0 Å². The van der Waals surface area contributed by atoms with E-state index in [2.05, 4.69) is 10.2 Å². The Morgan fingerprint density at radius 1 is 0.828 bits per heavy atom. The maximum Gasteiger partial charge on any atom is 0.488 e. The summed E-state index contributed by atoms with van der Waals surface area (Å²) in [7, 11) is -10.2. The van der Waals surface area contributed by atoms with Gasteiger partial charge in [-0.15, -0.1) is 11.3 Å². The first-order chi connectivity index (χ1) is 13.6. The molecular formula is C16H13BN2O7S3. The molecule has 2 aromatic carbocycles. The van der Waals surface area contributed by atoms with E-state index in [0.717, 1.165) is 11.4 Å². The number of hydrogen-bond donors (Lipinski definition) is 3. The standard InChI is InChI=1S/C16H13BN2O7S3/c20-17(21)11-3-1-4-12(7-11)18-19-13-5-2-6-14(8-13)28(22,23)15-9-16(27-10-15)29(24,25)26/h1-10,20-21H,(H,24,25,26). The summed E-state index contributed by atoms with van der Waals surface area (Å²) in [6.07, 6.45) is 0. The van der Waals surface area contributed by atoms with Gasteiger partial charge < -0.3 is 10.0 Å². The Kier molecular flexibility index (Phi) is 5.98. The van der Waals surface area contributed by atoms with E-state index in [1.165, 1.54) is 36.4 Å². The van der Waals surface area contributed by atoms with Crippen molar-refractivity contribution in [2.75, 3.05) is 0 Å². The third kappa shape index (κ3) is 4.96. The molecule has 0 saturated heterocycles. The van der Waals surface area contributed by atoms with Crippen LogP contribution >= 0.6 is 11.3 Å². The summed E-state index contributed by atoms with van der Waals surface area (Å²) in [5.41, 5.74) is 0.774. The van der Waals surface area contributed by atoms with Crippen LogP contribution in [-0.4, -0.2) is 38.6 Å².